The summed E-state index contributed by atoms with van der Waals surface area (Å²) in [6.07, 6.45) is 4.72. The van der Waals surface area contributed by atoms with Gasteiger partial charge in [0, 0.05) is 25.6 Å². The first-order chi connectivity index (χ1) is 12.9. The molecule has 0 aromatic carbocycles. The van der Waals surface area contributed by atoms with Gasteiger partial charge < -0.3 is 4.90 Å². The number of allylic oxidation sites excluding steroid dienone is 4. The third-order valence-corrected chi connectivity index (χ3v) is 6.04. The molecular formula is C18H23F3N4O2. The topological polar surface area (TPSA) is 68.2 Å². The van der Waals surface area contributed by atoms with Gasteiger partial charge in [-0.05, 0) is 24.2 Å². The van der Waals surface area contributed by atoms with Crippen molar-refractivity contribution < 1.29 is 23.2 Å². The molecule has 2 heterocycles. The van der Waals surface area contributed by atoms with Crippen LogP contribution in [0.4, 0.5) is 13.2 Å². The molecule has 4 aliphatic rings. The number of rotatable bonds is 4. The van der Waals surface area contributed by atoms with Crippen LogP contribution in [0.3, 0.4) is 0 Å². The largest absolute Gasteiger partial charge is 0.401 e. The minimum absolute atomic E-state index is 0.00691. The summed E-state index contributed by atoms with van der Waals surface area (Å²) in [6.45, 7) is 0.779. The number of hydroxylamine groups is 1. The van der Waals surface area contributed by atoms with Crippen molar-refractivity contribution >= 4 is 11.7 Å². The number of carbonyl (C=O) groups is 1. The summed E-state index contributed by atoms with van der Waals surface area (Å²) >= 11 is 0. The number of carbonyl (C=O) groups excluding carboxylic acids is 1. The molecule has 5 atom stereocenters. The predicted molar refractivity (Wildman–Crippen MR) is 92.1 cm³/mol. The molecule has 0 aromatic rings. The van der Waals surface area contributed by atoms with E-state index in [9.17, 15) is 18.0 Å². The summed E-state index contributed by atoms with van der Waals surface area (Å²) in [5, 5.41) is 9.08. The fourth-order valence-corrected chi connectivity index (χ4v) is 4.86. The highest BCUT2D eigenvalue weighted by Gasteiger charge is 2.61. The van der Waals surface area contributed by atoms with Crippen LogP contribution >= 0.6 is 0 Å². The lowest BCUT2D eigenvalue weighted by Crippen LogP contribution is -2.51. The normalized spacial score (nSPS) is 35.8. The Labute approximate surface area is 155 Å². The van der Waals surface area contributed by atoms with E-state index in [-0.39, 0.29) is 36.3 Å². The van der Waals surface area contributed by atoms with Gasteiger partial charge in [0.2, 0.25) is 5.91 Å². The number of fused-ring (bicyclic) bond motifs is 1. The third-order valence-electron chi connectivity index (χ3n) is 6.04. The lowest BCUT2D eigenvalue weighted by molar-refractivity contribution is -0.145. The van der Waals surface area contributed by atoms with Crippen molar-refractivity contribution in [2.45, 2.75) is 18.6 Å². The number of hydrogen-bond acceptors (Lipinski definition) is 5. The number of amidine groups is 1. The molecule has 6 nitrogen and oxygen atoms in total. The number of hydrogen-bond donors (Lipinski definition) is 2. The second-order valence-electron chi connectivity index (χ2n) is 7.75. The molecule has 0 bridgehead atoms. The van der Waals surface area contributed by atoms with Crippen molar-refractivity contribution in [2.24, 2.45) is 28.7 Å². The van der Waals surface area contributed by atoms with Gasteiger partial charge in [-0.1, -0.05) is 24.3 Å². The number of halogens is 3. The maximum atomic E-state index is 12.7. The zero-order chi connectivity index (χ0) is 19.2. The highest BCUT2D eigenvalue weighted by molar-refractivity contribution is 5.87. The molecular weight excluding hydrogens is 361 g/mol. The maximum absolute atomic E-state index is 12.7. The van der Waals surface area contributed by atoms with E-state index in [4.69, 9.17) is 10.2 Å². The zero-order valence-corrected chi connectivity index (χ0v) is 14.8. The van der Waals surface area contributed by atoms with Crippen LogP contribution < -0.4 is 5.48 Å². The third kappa shape index (κ3) is 3.75. The van der Waals surface area contributed by atoms with Crippen molar-refractivity contribution in [3.63, 3.8) is 0 Å². The van der Waals surface area contributed by atoms with Crippen LogP contribution in [-0.4, -0.2) is 71.7 Å². The fourth-order valence-electron chi connectivity index (χ4n) is 4.86. The van der Waals surface area contributed by atoms with E-state index in [1.54, 1.807) is 5.48 Å². The van der Waals surface area contributed by atoms with E-state index >= 15 is 0 Å². The summed E-state index contributed by atoms with van der Waals surface area (Å²) in [4.78, 5) is 20.2. The van der Waals surface area contributed by atoms with Gasteiger partial charge in [0.05, 0.1) is 19.1 Å². The van der Waals surface area contributed by atoms with Crippen molar-refractivity contribution in [3.05, 3.63) is 24.3 Å². The van der Waals surface area contributed by atoms with Crippen LogP contribution in [0.15, 0.2) is 29.3 Å². The molecule has 2 unspecified atom stereocenters. The summed E-state index contributed by atoms with van der Waals surface area (Å²) in [5.74, 6) is 0.313. The van der Waals surface area contributed by atoms with Gasteiger partial charge in [0.1, 0.15) is 5.84 Å². The van der Waals surface area contributed by atoms with Crippen molar-refractivity contribution in [1.82, 2.24) is 15.3 Å². The first-order valence-electron chi connectivity index (χ1n) is 9.25. The number of nitrogens with zero attached hydrogens (tertiary/aromatic N) is 3. The monoisotopic (exact) mass is 384 g/mol. The summed E-state index contributed by atoms with van der Waals surface area (Å²) in [6, 6.07) is -0.113. The van der Waals surface area contributed by atoms with Crippen molar-refractivity contribution in [3.8, 4) is 0 Å². The highest BCUT2D eigenvalue weighted by Crippen LogP contribution is 2.56. The molecule has 1 saturated carbocycles. The molecule has 2 N–H and O–H groups in total. The fraction of sp³-hybridized carbons (Fsp3) is 0.667. The lowest BCUT2D eigenvalue weighted by atomic mass is 9.92. The van der Waals surface area contributed by atoms with Crippen molar-refractivity contribution in [1.29, 1.82) is 0 Å². The predicted octanol–water partition coefficient (Wildman–Crippen LogP) is 1.45. The molecule has 0 spiro atoms. The molecule has 0 aromatic heterocycles. The summed E-state index contributed by atoms with van der Waals surface area (Å²) < 4.78 is 38.0. The Morgan fingerprint density at radius 1 is 1.30 bits per heavy atom. The van der Waals surface area contributed by atoms with Gasteiger partial charge >= 0.3 is 6.18 Å². The Kier molecular flexibility index (Phi) is 4.75. The maximum Gasteiger partial charge on any atom is 0.401 e. The van der Waals surface area contributed by atoms with Gasteiger partial charge in [-0.25, -0.2) is 5.48 Å². The Hall–Kier alpha value is -1.87. The Morgan fingerprint density at radius 3 is 2.78 bits per heavy atom. The Balaban J connectivity index is 1.46. The van der Waals surface area contributed by atoms with Crippen LogP contribution in [0.5, 0.6) is 0 Å². The zero-order valence-electron chi connectivity index (χ0n) is 14.8. The Bertz CT molecular complexity index is 691. The molecule has 0 radical (unpaired) electrons. The van der Waals surface area contributed by atoms with Gasteiger partial charge in [-0.3, -0.25) is 19.9 Å². The van der Waals surface area contributed by atoms with E-state index in [1.807, 2.05) is 17.1 Å². The molecule has 27 heavy (non-hydrogen) atoms. The summed E-state index contributed by atoms with van der Waals surface area (Å²) in [7, 11) is 0. The van der Waals surface area contributed by atoms with Crippen LogP contribution in [0.25, 0.3) is 0 Å². The standard InChI is InChI=1S/C18H23F3N4O2/c19-18(20,21)10-24-6-7-25-8-12(22-13(25)9-24)15-14(16(15)17(26)23-27)11-4-2-1-3-5-11/h1-4,11-12,14-16,27H,5-10H2,(H,23,26)/t11?,12?,14-,15-,16-/m1/s1. The van der Waals surface area contributed by atoms with Crippen molar-refractivity contribution in [2.75, 3.05) is 32.7 Å². The second kappa shape index (κ2) is 6.94. The molecule has 2 aliphatic carbocycles. The molecule has 1 saturated heterocycles. The molecule has 9 heteroatoms. The van der Waals surface area contributed by atoms with Crippen LogP contribution in [-0.2, 0) is 4.79 Å². The number of alkyl halides is 3. The molecule has 2 aliphatic heterocycles. The van der Waals surface area contributed by atoms with E-state index in [2.05, 4.69) is 12.2 Å². The first kappa shape index (κ1) is 18.5. The van der Waals surface area contributed by atoms with Crippen LogP contribution in [0.1, 0.15) is 6.42 Å². The molecule has 2 fully saturated rings. The molecule has 4 rings (SSSR count). The second-order valence-corrected chi connectivity index (χ2v) is 7.75. The average Bonchev–Trinajstić information content (AvgIpc) is 3.24. The van der Waals surface area contributed by atoms with Gasteiger partial charge in [0.15, 0.2) is 0 Å². The molecule has 1 amide bonds. The smallest absolute Gasteiger partial charge is 0.356 e. The van der Waals surface area contributed by atoms with Gasteiger partial charge in [-0.2, -0.15) is 13.2 Å². The highest BCUT2D eigenvalue weighted by atomic mass is 19.4. The number of amides is 1. The van der Waals surface area contributed by atoms with Gasteiger partial charge in [-0.15, -0.1) is 0 Å². The van der Waals surface area contributed by atoms with E-state index in [1.165, 1.54) is 4.90 Å². The van der Waals surface area contributed by atoms with E-state index in [0.29, 0.717) is 25.5 Å². The summed E-state index contributed by atoms with van der Waals surface area (Å²) in [5.41, 5.74) is 1.77. The van der Waals surface area contributed by atoms with E-state index in [0.717, 1.165) is 6.42 Å². The SMILES string of the molecule is O=C(NO)[C@@H]1[C@H](C2C=CC=CC2)[C@H]1C1CN2CCN(CC(F)(F)F)CC2=N1. The van der Waals surface area contributed by atoms with Crippen LogP contribution in [0, 0.1) is 23.7 Å². The number of aliphatic imine (C=N–C) groups is 1. The molecule has 148 valence electrons. The van der Waals surface area contributed by atoms with Crippen LogP contribution in [0.2, 0.25) is 0 Å². The number of nitrogens with one attached hydrogen (secondary N) is 1. The average molecular weight is 384 g/mol. The van der Waals surface area contributed by atoms with E-state index < -0.39 is 18.6 Å². The number of piperazine rings is 1. The quantitative estimate of drug-likeness (QED) is 0.569. The minimum Gasteiger partial charge on any atom is -0.356 e. The Morgan fingerprint density at radius 2 is 2.11 bits per heavy atom. The van der Waals surface area contributed by atoms with Gasteiger partial charge in [0.25, 0.3) is 0 Å². The first-order valence-corrected chi connectivity index (χ1v) is 9.25. The minimum atomic E-state index is -4.21. The lowest BCUT2D eigenvalue weighted by Gasteiger charge is -2.34.